The van der Waals surface area contributed by atoms with Crippen molar-refractivity contribution in [2.45, 2.75) is 19.8 Å². The normalized spacial score (nSPS) is 11.1. The minimum atomic E-state index is -0.416. The minimum Gasteiger partial charge on any atom is -0.508 e. The third kappa shape index (κ3) is 3.02. The molecule has 0 bridgehead atoms. The number of phenols is 2. The Kier molecular flexibility index (Phi) is 3.89. The van der Waals surface area contributed by atoms with Crippen molar-refractivity contribution >= 4 is 21.9 Å². The van der Waals surface area contributed by atoms with Gasteiger partial charge in [-0.2, -0.15) is 0 Å². The summed E-state index contributed by atoms with van der Waals surface area (Å²) in [6, 6.07) is 10.9. The summed E-state index contributed by atoms with van der Waals surface area (Å²) in [6.07, 6.45) is 0. The molecule has 0 aliphatic heterocycles. The SMILES string of the molecule is CC(C)c1oc2cc3oc(=O)ccc3cc2c1C#Cc1ccc(O)cc1O. The number of benzene rings is 2. The van der Waals surface area contributed by atoms with Gasteiger partial charge in [-0.1, -0.05) is 25.7 Å². The standard InChI is InChI=1S/C22H16O5/c1-12(2)22-16(7-4-13-3-6-15(23)10-18(13)24)17-9-14-5-8-21(25)26-19(14)11-20(17)27-22/h3,5-6,8-12,23-24H,1-2H3. The highest BCUT2D eigenvalue weighted by Gasteiger charge is 2.17. The van der Waals surface area contributed by atoms with Crippen molar-refractivity contribution < 1.29 is 19.0 Å². The predicted molar refractivity (Wildman–Crippen MR) is 102 cm³/mol. The summed E-state index contributed by atoms with van der Waals surface area (Å²) in [5.41, 5.74) is 1.75. The van der Waals surface area contributed by atoms with Gasteiger partial charge in [-0.15, -0.1) is 0 Å². The molecule has 0 atom stereocenters. The van der Waals surface area contributed by atoms with E-state index in [0.717, 1.165) is 16.3 Å². The number of fused-ring (bicyclic) bond motifs is 2. The Balaban J connectivity index is 1.95. The predicted octanol–water partition coefficient (Wildman–Crippen LogP) is 4.47. The van der Waals surface area contributed by atoms with Crippen LogP contribution in [0.25, 0.3) is 21.9 Å². The van der Waals surface area contributed by atoms with Gasteiger partial charge >= 0.3 is 5.63 Å². The van der Waals surface area contributed by atoms with Crippen LogP contribution in [0, 0.1) is 11.8 Å². The van der Waals surface area contributed by atoms with Gasteiger partial charge in [0.25, 0.3) is 0 Å². The van der Waals surface area contributed by atoms with E-state index in [1.54, 1.807) is 18.2 Å². The van der Waals surface area contributed by atoms with Gasteiger partial charge in [0, 0.05) is 34.9 Å². The maximum Gasteiger partial charge on any atom is 0.336 e. The van der Waals surface area contributed by atoms with Gasteiger partial charge in [0.2, 0.25) is 0 Å². The molecule has 0 radical (unpaired) electrons. The van der Waals surface area contributed by atoms with E-state index in [1.165, 1.54) is 18.2 Å². The number of aromatic hydroxyl groups is 2. The summed E-state index contributed by atoms with van der Waals surface area (Å²) >= 11 is 0. The van der Waals surface area contributed by atoms with Crippen molar-refractivity contribution in [3.8, 4) is 23.3 Å². The number of hydrogen-bond acceptors (Lipinski definition) is 5. The van der Waals surface area contributed by atoms with Crippen molar-refractivity contribution in [1.29, 1.82) is 0 Å². The van der Waals surface area contributed by atoms with Crippen LogP contribution in [0.3, 0.4) is 0 Å². The fourth-order valence-corrected chi connectivity index (χ4v) is 2.97. The monoisotopic (exact) mass is 360 g/mol. The molecule has 0 aliphatic rings. The Bertz CT molecular complexity index is 1300. The minimum absolute atomic E-state index is 0.0253. The second kappa shape index (κ2) is 6.26. The summed E-state index contributed by atoms with van der Waals surface area (Å²) in [5, 5.41) is 20.9. The maximum absolute atomic E-state index is 11.5. The number of hydrogen-bond donors (Lipinski definition) is 2. The van der Waals surface area contributed by atoms with E-state index in [-0.39, 0.29) is 17.4 Å². The molecule has 5 heteroatoms. The molecule has 27 heavy (non-hydrogen) atoms. The van der Waals surface area contributed by atoms with Gasteiger partial charge in [0.05, 0.1) is 11.1 Å². The molecule has 2 aromatic heterocycles. The number of phenolic OH excluding ortho intramolecular Hbond substituents is 2. The van der Waals surface area contributed by atoms with Crippen molar-refractivity contribution in [3.63, 3.8) is 0 Å². The fourth-order valence-electron chi connectivity index (χ4n) is 2.97. The van der Waals surface area contributed by atoms with Crippen LogP contribution in [0.15, 0.2) is 56.1 Å². The lowest BCUT2D eigenvalue weighted by Gasteiger charge is -2.00. The van der Waals surface area contributed by atoms with Crippen LogP contribution in [0.5, 0.6) is 11.5 Å². The molecule has 134 valence electrons. The summed E-state index contributed by atoms with van der Waals surface area (Å²) < 4.78 is 11.2. The lowest BCUT2D eigenvalue weighted by Crippen LogP contribution is -1.93. The molecular formula is C22H16O5. The van der Waals surface area contributed by atoms with E-state index in [1.807, 2.05) is 19.9 Å². The van der Waals surface area contributed by atoms with Crippen LogP contribution in [0.4, 0.5) is 0 Å². The van der Waals surface area contributed by atoms with E-state index in [9.17, 15) is 15.0 Å². The summed E-state index contributed by atoms with van der Waals surface area (Å²) in [6.45, 7) is 4.00. The van der Waals surface area contributed by atoms with Crippen molar-refractivity contribution in [2.75, 3.05) is 0 Å². The third-order valence-electron chi connectivity index (χ3n) is 4.29. The van der Waals surface area contributed by atoms with Gasteiger partial charge in [-0.05, 0) is 24.3 Å². The van der Waals surface area contributed by atoms with Crippen LogP contribution in [-0.4, -0.2) is 10.2 Å². The van der Waals surface area contributed by atoms with Crippen LogP contribution >= 0.6 is 0 Å². The largest absolute Gasteiger partial charge is 0.508 e. The average Bonchev–Trinajstić information content (AvgIpc) is 2.97. The van der Waals surface area contributed by atoms with Gasteiger partial charge in [0.1, 0.15) is 28.4 Å². The first-order valence-corrected chi connectivity index (χ1v) is 8.46. The first-order valence-electron chi connectivity index (χ1n) is 8.46. The molecule has 0 spiro atoms. The van der Waals surface area contributed by atoms with Crippen molar-refractivity contribution in [3.05, 3.63) is 69.8 Å². The molecule has 0 unspecified atom stereocenters. The Labute approximate surface area is 154 Å². The highest BCUT2D eigenvalue weighted by atomic mass is 16.4. The first kappa shape index (κ1) is 16.8. The summed E-state index contributed by atoms with van der Waals surface area (Å²) in [4.78, 5) is 11.5. The lowest BCUT2D eigenvalue weighted by molar-refractivity contribution is 0.449. The molecule has 0 saturated heterocycles. The molecule has 0 aliphatic carbocycles. The molecule has 4 aromatic rings. The second-order valence-corrected chi connectivity index (χ2v) is 6.59. The van der Waals surface area contributed by atoms with Crippen LogP contribution < -0.4 is 5.63 Å². The van der Waals surface area contributed by atoms with Crippen LogP contribution in [0.2, 0.25) is 0 Å². The summed E-state index contributed by atoms with van der Waals surface area (Å²) in [5.74, 6) is 6.72. The second-order valence-electron chi connectivity index (χ2n) is 6.59. The Morgan fingerprint density at radius 3 is 2.48 bits per heavy atom. The van der Waals surface area contributed by atoms with Crippen molar-refractivity contribution in [2.24, 2.45) is 0 Å². The first-order chi connectivity index (χ1) is 12.9. The van der Waals surface area contributed by atoms with E-state index in [2.05, 4.69) is 11.8 Å². The van der Waals surface area contributed by atoms with Gasteiger partial charge in [-0.3, -0.25) is 0 Å². The Hall–Kier alpha value is -3.65. The molecular weight excluding hydrogens is 344 g/mol. The zero-order chi connectivity index (χ0) is 19.1. The molecule has 0 saturated carbocycles. The number of furan rings is 1. The maximum atomic E-state index is 11.5. The third-order valence-corrected chi connectivity index (χ3v) is 4.29. The van der Waals surface area contributed by atoms with Crippen LogP contribution in [0.1, 0.15) is 36.7 Å². The number of rotatable bonds is 1. The molecule has 2 aromatic carbocycles. The Morgan fingerprint density at radius 1 is 0.926 bits per heavy atom. The average molecular weight is 360 g/mol. The van der Waals surface area contributed by atoms with Gasteiger partial charge in [-0.25, -0.2) is 4.79 Å². The highest BCUT2D eigenvalue weighted by molar-refractivity contribution is 5.96. The molecule has 4 rings (SSSR count). The molecule has 5 nitrogen and oxygen atoms in total. The van der Waals surface area contributed by atoms with E-state index >= 15 is 0 Å². The molecule has 0 amide bonds. The van der Waals surface area contributed by atoms with Crippen molar-refractivity contribution in [1.82, 2.24) is 0 Å². The smallest absolute Gasteiger partial charge is 0.336 e. The molecule has 2 N–H and O–H groups in total. The molecule has 2 heterocycles. The van der Waals surface area contributed by atoms with Crippen LogP contribution in [-0.2, 0) is 0 Å². The van der Waals surface area contributed by atoms with Gasteiger partial charge in [0.15, 0.2) is 0 Å². The Morgan fingerprint density at radius 2 is 1.74 bits per heavy atom. The van der Waals surface area contributed by atoms with E-state index in [0.29, 0.717) is 22.5 Å². The van der Waals surface area contributed by atoms with Gasteiger partial charge < -0.3 is 19.0 Å². The fraction of sp³-hybridized carbons (Fsp3) is 0.136. The van der Waals surface area contributed by atoms with E-state index in [4.69, 9.17) is 8.83 Å². The zero-order valence-corrected chi connectivity index (χ0v) is 14.7. The quantitative estimate of drug-likeness (QED) is 0.386. The molecule has 0 fully saturated rings. The van der Waals surface area contributed by atoms with E-state index < -0.39 is 5.63 Å². The summed E-state index contributed by atoms with van der Waals surface area (Å²) in [7, 11) is 0. The highest BCUT2D eigenvalue weighted by Crippen LogP contribution is 2.33. The lowest BCUT2D eigenvalue weighted by atomic mass is 10.0. The topological polar surface area (TPSA) is 83.8 Å². The zero-order valence-electron chi connectivity index (χ0n) is 14.7.